The Morgan fingerprint density at radius 2 is 2.22 bits per heavy atom. The van der Waals surface area contributed by atoms with E-state index in [0.717, 1.165) is 0 Å². The molecule has 0 aliphatic rings. The Kier molecular flexibility index (Phi) is 4.71. The zero-order valence-electron chi connectivity index (χ0n) is 10.4. The van der Waals surface area contributed by atoms with Crippen molar-refractivity contribution in [2.75, 3.05) is 10.5 Å². The van der Waals surface area contributed by atoms with Crippen molar-refractivity contribution in [2.24, 2.45) is 7.05 Å². The maximum Gasteiger partial charge on any atom is 0.303 e. The number of carboxylic acids is 1. The van der Waals surface area contributed by atoms with Crippen LogP contribution in [0.4, 0.5) is 5.69 Å². The summed E-state index contributed by atoms with van der Waals surface area (Å²) in [5.74, 6) is -1.21. The minimum Gasteiger partial charge on any atom is -0.481 e. The number of rotatable bonds is 7. The molecule has 0 amide bonds. The maximum absolute atomic E-state index is 11.7. The van der Waals surface area contributed by atoms with Crippen LogP contribution in [0.1, 0.15) is 25.5 Å². The lowest BCUT2D eigenvalue weighted by Crippen LogP contribution is -2.17. The minimum atomic E-state index is -3.52. The number of carbonyl (C=O) groups is 1. The lowest BCUT2D eigenvalue weighted by molar-refractivity contribution is -0.137. The first-order valence-electron chi connectivity index (χ1n) is 5.59. The molecule has 0 radical (unpaired) electrons. The second kappa shape index (κ2) is 5.85. The van der Waals surface area contributed by atoms with E-state index in [-0.39, 0.29) is 18.6 Å². The van der Waals surface area contributed by atoms with Crippen LogP contribution in [-0.4, -0.2) is 35.0 Å². The van der Waals surface area contributed by atoms with Crippen molar-refractivity contribution in [1.82, 2.24) is 9.78 Å². The van der Waals surface area contributed by atoms with E-state index in [4.69, 9.17) is 5.11 Å². The highest BCUT2D eigenvalue weighted by Gasteiger charge is 2.15. The summed E-state index contributed by atoms with van der Waals surface area (Å²) < 4.78 is 27.4. The zero-order valence-corrected chi connectivity index (χ0v) is 11.2. The third-order valence-electron chi connectivity index (χ3n) is 2.31. The van der Waals surface area contributed by atoms with Crippen molar-refractivity contribution in [3.63, 3.8) is 0 Å². The number of hydrogen-bond acceptors (Lipinski definition) is 4. The fourth-order valence-corrected chi connectivity index (χ4v) is 2.64. The van der Waals surface area contributed by atoms with E-state index in [0.29, 0.717) is 17.8 Å². The molecule has 0 unspecified atom stereocenters. The summed E-state index contributed by atoms with van der Waals surface area (Å²) in [5, 5.41) is 12.6. The average Bonchev–Trinajstić information content (AvgIpc) is 2.56. The second-order valence-electron chi connectivity index (χ2n) is 3.93. The third kappa shape index (κ3) is 4.36. The van der Waals surface area contributed by atoms with Crippen molar-refractivity contribution in [2.45, 2.75) is 26.2 Å². The van der Waals surface area contributed by atoms with Gasteiger partial charge in [0.25, 0.3) is 0 Å². The van der Waals surface area contributed by atoms with E-state index in [1.165, 1.54) is 4.68 Å². The highest BCUT2D eigenvalue weighted by Crippen LogP contribution is 2.15. The SMILES string of the molecule is CCc1nn(C)cc1NS(=O)(=O)CCCC(=O)O. The topological polar surface area (TPSA) is 101 Å². The molecule has 18 heavy (non-hydrogen) atoms. The number of nitrogens with one attached hydrogen (secondary N) is 1. The Morgan fingerprint density at radius 1 is 1.56 bits per heavy atom. The second-order valence-corrected chi connectivity index (χ2v) is 5.78. The van der Waals surface area contributed by atoms with Gasteiger partial charge in [-0.25, -0.2) is 8.42 Å². The minimum absolute atomic E-state index is 0.0897. The fourth-order valence-electron chi connectivity index (χ4n) is 1.51. The van der Waals surface area contributed by atoms with Crippen LogP contribution in [0.25, 0.3) is 0 Å². The molecule has 0 aliphatic heterocycles. The van der Waals surface area contributed by atoms with E-state index in [1.807, 2.05) is 6.92 Å². The summed E-state index contributed by atoms with van der Waals surface area (Å²) in [6.07, 6.45) is 2.14. The van der Waals surface area contributed by atoms with Gasteiger partial charge in [0.15, 0.2) is 0 Å². The van der Waals surface area contributed by atoms with Gasteiger partial charge in [-0.1, -0.05) is 6.92 Å². The molecule has 0 saturated heterocycles. The van der Waals surface area contributed by atoms with Crippen LogP contribution in [0.3, 0.4) is 0 Å². The van der Waals surface area contributed by atoms with Crippen LogP contribution >= 0.6 is 0 Å². The number of nitrogens with zero attached hydrogens (tertiary/aromatic N) is 2. The first-order valence-corrected chi connectivity index (χ1v) is 7.24. The third-order valence-corrected chi connectivity index (χ3v) is 3.67. The van der Waals surface area contributed by atoms with Crippen molar-refractivity contribution in [3.05, 3.63) is 11.9 Å². The van der Waals surface area contributed by atoms with Gasteiger partial charge >= 0.3 is 5.97 Å². The monoisotopic (exact) mass is 275 g/mol. The molecular weight excluding hydrogens is 258 g/mol. The molecule has 102 valence electrons. The number of carboxylic acid groups (broad SMARTS) is 1. The molecule has 8 heteroatoms. The van der Waals surface area contributed by atoms with Gasteiger partial charge in [-0.15, -0.1) is 0 Å². The zero-order chi connectivity index (χ0) is 13.8. The quantitative estimate of drug-likeness (QED) is 0.758. The summed E-state index contributed by atoms with van der Waals surface area (Å²) >= 11 is 0. The highest BCUT2D eigenvalue weighted by molar-refractivity contribution is 7.92. The molecule has 0 aromatic carbocycles. The summed E-state index contributed by atoms with van der Waals surface area (Å²) in [5.41, 5.74) is 1.12. The number of sulfonamides is 1. The van der Waals surface area contributed by atoms with E-state index < -0.39 is 16.0 Å². The molecule has 2 N–H and O–H groups in total. The fraction of sp³-hybridized carbons (Fsp3) is 0.600. The van der Waals surface area contributed by atoms with Crippen LogP contribution < -0.4 is 4.72 Å². The molecule has 1 heterocycles. The largest absolute Gasteiger partial charge is 0.481 e. The van der Waals surface area contributed by atoms with E-state index >= 15 is 0 Å². The van der Waals surface area contributed by atoms with Crippen molar-refractivity contribution in [1.29, 1.82) is 0 Å². The summed E-state index contributed by atoms with van der Waals surface area (Å²) in [6.45, 7) is 1.88. The molecule has 0 atom stereocenters. The number of anilines is 1. The van der Waals surface area contributed by atoms with Crippen LogP contribution in [0.5, 0.6) is 0 Å². The lowest BCUT2D eigenvalue weighted by atomic mass is 10.3. The highest BCUT2D eigenvalue weighted by atomic mass is 32.2. The van der Waals surface area contributed by atoms with Gasteiger partial charge in [-0.05, 0) is 12.8 Å². The summed E-state index contributed by atoms with van der Waals surface area (Å²) in [4.78, 5) is 10.3. The number of aromatic nitrogens is 2. The molecule has 1 aromatic heterocycles. The first kappa shape index (κ1) is 14.5. The van der Waals surface area contributed by atoms with Gasteiger partial charge < -0.3 is 5.11 Å². The Labute approximate surface area is 106 Å². The van der Waals surface area contributed by atoms with Gasteiger partial charge in [0, 0.05) is 19.7 Å². The van der Waals surface area contributed by atoms with Crippen LogP contribution in [0.15, 0.2) is 6.20 Å². The predicted octanol–water partition coefficient (Wildman–Crippen LogP) is 0.589. The molecule has 7 nitrogen and oxygen atoms in total. The standard InChI is InChI=1S/C10H17N3O4S/c1-3-8-9(7-13(2)11-8)12-18(16,17)6-4-5-10(14)15/h7,12H,3-6H2,1-2H3,(H,14,15). The molecule has 1 aromatic rings. The van der Waals surface area contributed by atoms with Crippen molar-refractivity contribution < 1.29 is 18.3 Å². The number of hydrogen-bond donors (Lipinski definition) is 2. The summed E-state index contributed by atoms with van der Waals surface area (Å²) in [6, 6.07) is 0. The molecule has 0 saturated carbocycles. The van der Waals surface area contributed by atoms with Crippen LogP contribution in [-0.2, 0) is 28.3 Å². The Morgan fingerprint density at radius 3 is 2.78 bits per heavy atom. The molecule has 0 spiro atoms. The van der Waals surface area contributed by atoms with Gasteiger partial charge in [-0.3, -0.25) is 14.2 Å². The first-order chi connectivity index (χ1) is 8.34. The molecule has 0 bridgehead atoms. The van der Waals surface area contributed by atoms with Gasteiger partial charge in [0.05, 0.1) is 17.1 Å². The van der Waals surface area contributed by atoms with Crippen LogP contribution in [0, 0.1) is 0 Å². The predicted molar refractivity (Wildman–Crippen MR) is 66.9 cm³/mol. The van der Waals surface area contributed by atoms with Gasteiger partial charge in [0.2, 0.25) is 10.0 Å². The lowest BCUT2D eigenvalue weighted by Gasteiger charge is -2.06. The molecule has 1 rings (SSSR count). The maximum atomic E-state index is 11.7. The molecule has 0 aliphatic carbocycles. The van der Waals surface area contributed by atoms with E-state index in [1.54, 1.807) is 13.2 Å². The normalized spacial score (nSPS) is 11.4. The Balaban J connectivity index is 2.67. The van der Waals surface area contributed by atoms with Crippen molar-refractivity contribution >= 4 is 21.7 Å². The van der Waals surface area contributed by atoms with Crippen molar-refractivity contribution in [3.8, 4) is 0 Å². The Bertz CT molecular complexity index is 521. The van der Waals surface area contributed by atoms with Crippen LogP contribution in [0.2, 0.25) is 0 Å². The smallest absolute Gasteiger partial charge is 0.303 e. The Hall–Kier alpha value is -1.57. The molecular formula is C10H17N3O4S. The van der Waals surface area contributed by atoms with E-state index in [9.17, 15) is 13.2 Å². The number of aliphatic carboxylic acids is 1. The van der Waals surface area contributed by atoms with E-state index in [2.05, 4.69) is 9.82 Å². The average molecular weight is 275 g/mol. The number of aryl methyl sites for hydroxylation is 2. The molecule has 0 fully saturated rings. The van der Waals surface area contributed by atoms with Gasteiger partial charge in [-0.2, -0.15) is 5.10 Å². The van der Waals surface area contributed by atoms with Gasteiger partial charge in [0.1, 0.15) is 0 Å². The summed E-state index contributed by atoms with van der Waals surface area (Å²) in [7, 11) is -1.81.